The summed E-state index contributed by atoms with van der Waals surface area (Å²) in [6.45, 7) is 3.59. The highest BCUT2D eigenvalue weighted by Gasteiger charge is 2.33. The van der Waals surface area contributed by atoms with Crippen LogP contribution in [0.4, 0.5) is 5.69 Å². The maximum absolute atomic E-state index is 13.2. The maximum atomic E-state index is 13.2. The fourth-order valence-corrected chi connectivity index (χ4v) is 4.68. The molecule has 5 nitrogen and oxygen atoms in total. The normalized spacial score (nSPS) is 17.6. The highest BCUT2D eigenvalue weighted by Crippen LogP contribution is 2.31. The van der Waals surface area contributed by atoms with Crippen LogP contribution in [0.1, 0.15) is 24.0 Å². The summed E-state index contributed by atoms with van der Waals surface area (Å²) in [5, 5.41) is 1.35. The first kappa shape index (κ1) is 21.9. The number of amides is 2. The number of nitrogens with zero attached hydrogens (tertiary/aromatic N) is 3. The molecule has 0 spiro atoms. The number of benzene rings is 2. The van der Waals surface area contributed by atoms with Crippen LogP contribution >= 0.6 is 35.0 Å². The van der Waals surface area contributed by atoms with E-state index in [0.717, 1.165) is 37.1 Å². The largest absolute Gasteiger partial charge is 0.342 e. The van der Waals surface area contributed by atoms with Gasteiger partial charge >= 0.3 is 0 Å². The van der Waals surface area contributed by atoms with Crippen LogP contribution in [0.15, 0.2) is 53.2 Å². The number of carbonyl (C=O) groups excluding carboxylic acids is 2. The summed E-state index contributed by atoms with van der Waals surface area (Å²) in [5.74, 6) is 0.0728. The van der Waals surface area contributed by atoms with Gasteiger partial charge in [-0.3, -0.25) is 14.5 Å². The SMILES string of the molecule is Cc1ccc(N2C(=O)/C(=C/c3ccc(Cl)c(Cl)c3)N=C2SCC(=O)N2CCCC2)cc1. The topological polar surface area (TPSA) is 53.0 Å². The van der Waals surface area contributed by atoms with E-state index < -0.39 is 0 Å². The molecule has 2 amide bonds. The maximum Gasteiger partial charge on any atom is 0.283 e. The summed E-state index contributed by atoms with van der Waals surface area (Å²) < 4.78 is 0. The Morgan fingerprint density at radius 3 is 2.48 bits per heavy atom. The molecule has 0 radical (unpaired) electrons. The molecule has 4 rings (SSSR count). The minimum absolute atomic E-state index is 0.0726. The van der Waals surface area contributed by atoms with Crippen LogP contribution in [-0.4, -0.2) is 40.7 Å². The van der Waals surface area contributed by atoms with Gasteiger partial charge in [0, 0.05) is 13.1 Å². The smallest absolute Gasteiger partial charge is 0.283 e. The van der Waals surface area contributed by atoms with Crippen molar-refractivity contribution < 1.29 is 9.59 Å². The summed E-state index contributed by atoms with van der Waals surface area (Å²) in [6.07, 6.45) is 3.77. The number of rotatable bonds is 4. The van der Waals surface area contributed by atoms with Gasteiger partial charge in [0.2, 0.25) is 5.91 Å². The van der Waals surface area contributed by atoms with Crippen LogP contribution in [0, 0.1) is 6.92 Å². The predicted molar refractivity (Wildman–Crippen MR) is 129 cm³/mol. The number of aliphatic imine (C=N–C) groups is 1. The van der Waals surface area contributed by atoms with E-state index in [-0.39, 0.29) is 23.3 Å². The number of halogens is 2. The highest BCUT2D eigenvalue weighted by atomic mass is 35.5. The van der Waals surface area contributed by atoms with Gasteiger partial charge in [0.1, 0.15) is 5.70 Å². The second-order valence-corrected chi connectivity index (χ2v) is 9.21. The Kier molecular flexibility index (Phi) is 6.70. The van der Waals surface area contributed by atoms with Crippen molar-refractivity contribution in [1.29, 1.82) is 0 Å². The zero-order valence-corrected chi connectivity index (χ0v) is 19.3. The number of likely N-dealkylation sites (tertiary alicyclic amines) is 1. The molecular weight excluding hydrogens is 453 g/mol. The summed E-state index contributed by atoms with van der Waals surface area (Å²) in [7, 11) is 0. The quantitative estimate of drug-likeness (QED) is 0.558. The average Bonchev–Trinajstić information content (AvgIpc) is 3.39. The zero-order chi connectivity index (χ0) is 22.0. The first-order valence-corrected chi connectivity index (χ1v) is 11.7. The minimum atomic E-state index is -0.244. The van der Waals surface area contributed by atoms with Gasteiger partial charge in [-0.1, -0.05) is 58.7 Å². The lowest BCUT2D eigenvalue weighted by molar-refractivity contribution is -0.127. The van der Waals surface area contributed by atoms with E-state index in [0.29, 0.717) is 20.9 Å². The van der Waals surface area contributed by atoms with Crippen molar-refractivity contribution in [2.24, 2.45) is 4.99 Å². The second kappa shape index (κ2) is 9.47. The molecule has 8 heteroatoms. The Bertz CT molecular complexity index is 1080. The Hall–Kier alpha value is -2.28. The van der Waals surface area contributed by atoms with Crippen LogP contribution in [0.25, 0.3) is 6.08 Å². The standard InChI is InChI=1S/C23H21Cl2N3O2S/c1-15-4-7-17(8-5-15)28-22(30)20(13-16-6-9-18(24)19(25)12-16)26-23(28)31-14-21(29)27-10-2-3-11-27/h4-9,12-13H,2-3,10-11,14H2,1H3/b20-13-. The molecule has 0 aliphatic carbocycles. The van der Waals surface area contributed by atoms with E-state index in [2.05, 4.69) is 4.99 Å². The lowest BCUT2D eigenvalue weighted by Gasteiger charge is -2.19. The molecule has 0 bridgehead atoms. The van der Waals surface area contributed by atoms with Gasteiger partial charge in [0.15, 0.2) is 5.17 Å². The van der Waals surface area contributed by atoms with Gasteiger partial charge in [-0.05, 0) is 55.7 Å². The number of thioether (sulfide) groups is 1. The fourth-order valence-electron chi connectivity index (χ4n) is 3.46. The lowest BCUT2D eigenvalue weighted by atomic mass is 10.2. The Morgan fingerprint density at radius 2 is 1.81 bits per heavy atom. The third-order valence-electron chi connectivity index (χ3n) is 5.15. The van der Waals surface area contributed by atoms with Crippen LogP contribution in [0.5, 0.6) is 0 Å². The van der Waals surface area contributed by atoms with Gasteiger partial charge < -0.3 is 4.90 Å². The van der Waals surface area contributed by atoms with E-state index in [1.54, 1.807) is 29.2 Å². The van der Waals surface area contributed by atoms with Crippen molar-refractivity contribution in [3.63, 3.8) is 0 Å². The summed E-state index contributed by atoms with van der Waals surface area (Å²) in [5.41, 5.74) is 2.82. The number of amidine groups is 1. The molecule has 0 aromatic heterocycles. The molecule has 0 unspecified atom stereocenters. The van der Waals surface area contributed by atoms with Crippen molar-refractivity contribution in [1.82, 2.24) is 4.90 Å². The van der Waals surface area contributed by atoms with Crippen LogP contribution < -0.4 is 4.90 Å². The molecule has 0 atom stereocenters. The van der Waals surface area contributed by atoms with Gasteiger partial charge in [-0.15, -0.1) is 0 Å². The van der Waals surface area contributed by atoms with E-state index >= 15 is 0 Å². The summed E-state index contributed by atoms with van der Waals surface area (Å²) in [4.78, 5) is 33.7. The molecular formula is C23H21Cl2N3O2S. The number of carbonyl (C=O) groups is 2. The van der Waals surface area contributed by atoms with Crippen LogP contribution in [0.3, 0.4) is 0 Å². The molecule has 2 aliphatic rings. The van der Waals surface area contributed by atoms with Gasteiger partial charge in [-0.2, -0.15) is 0 Å². The summed E-state index contributed by atoms with van der Waals surface area (Å²) >= 11 is 13.4. The molecule has 2 aliphatic heterocycles. The van der Waals surface area contributed by atoms with Crippen molar-refractivity contribution >= 4 is 63.7 Å². The van der Waals surface area contributed by atoms with E-state index in [1.165, 1.54) is 11.8 Å². The van der Waals surface area contributed by atoms with Crippen LogP contribution in [-0.2, 0) is 9.59 Å². The van der Waals surface area contributed by atoms with Gasteiger partial charge in [0.05, 0.1) is 21.5 Å². The van der Waals surface area contributed by atoms with Gasteiger partial charge in [0.25, 0.3) is 5.91 Å². The molecule has 2 aromatic carbocycles. The van der Waals surface area contributed by atoms with E-state index in [1.807, 2.05) is 36.1 Å². The predicted octanol–water partition coefficient (Wildman–Crippen LogP) is 5.40. The lowest BCUT2D eigenvalue weighted by Crippen LogP contribution is -2.33. The molecule has 0 saturated carbocycles. The first-order chi connectivity index (χ1) is 14.9. The number of anilines is 1. The minimum Gasteiger partial charge on any atom is -0.342 e. The van der Waals surface area contributed by atoms with Crippen LogP contribution in [0.2, 0.25) is 10.0 Å². The van der Waals surface area contributed by atoms with Crippen molar-refractivity contribution in [3.05, 3.63) is 69.3 Å². The van der Waals surface area contributed by atoms with Crippen molar-refractivity contribution in [2.75, 3.05) is 23.7 Å². The number of aryl methyl sites for hydroxylation is 1. The third-order valence-corrected chi connectivity index (χ3v) is 6.81. The summed E-state index contributed by atoms with van der Waals surface area (Å²) in [6, 6.07) is 12.8. The Balaban J connectivity index is 1.62. The second-order valence-electron chi connectivity index (χ2n) is 7.45. The molecule has 0 N–H and O–H groups in total. The fraction of sp³-hybridized carbons (Fsp3) is 0.261. The highest BCUT2D eigenvalue weighted by molar-refractivity contribution is 8.14. The zero-order valence-electron chi connectivity index (χ0n) is 17.0. The molecule has 1 saturated heterocycles. The molecule has 160 valence electrons. The van der Waals surface area contributed by atoms with E-state index in [4.69, 9.17) is 23.2 Å². The molecule has 2 aromatic rings. The number of hydrogen-bond donors (Lipinski definition) is 0. The monoisotopic (exact) mass is 473 g/mol. The van der Waals surface area contributed by atoms with Crippen molar-refractivity contribution in [2.45, 2.75) is 19.8 Å². The molecule has 31 heavy (non-hydrogen) atoms. The van der Waals surface area contributed by atoms with E-state index in [9.17, 15) is 9.59 Å². The molecule has 1 fully saturated rings. The third kappa shape index (κ3) is 4.97. The molecule has 2 heterocycles. The van der Waals surface area contributed by atoms with Crippen molar-refractivity contribution in [3.8, 4) is 0 Å². The average molecular weight is 474 g/mol. The van der Waals surface area contributed by atoms with Gasteiger partial charge in [-0.25, -0.2) is 4.99 Å². The Morgan fingerprint density at radius 1 is 1.10 bits per heavy atom. The first-order valence-electron chi connectivity index (χ1n) is 9.99. The Labute approximate surface area is 195 Å². The number of hydrogen-bond acceptors (Lipinski definition) is 4.